The van der Waals surface area contributed by atoms with Crippen molar-refractivity contribution in [2.75, 3.05) is 5.32 Å². The standard InChI is InChI=1S/C14H17BrN2O3/c15-10-8-9(12(16)18)4-5-11(10)17-14(13(19)20)6-2-1-3-7-14/h4-5,8,17H,1-3,6-7H2,(H2,16,18)(H,19,20). The molecule has 0 saturated heterocycles. The zero-order valence-corrected chi connectivity index (χ0v) is 12.6. The van der Waals surface area contributed by atoms with Crippen LogP contribution in [0.5, 0.6) is 0 Å². The summed E-state index contributed by atoms with van der Waals surface area (Å²) in [6.45, 7) is 0. The first-order valence-electron chi connectivity index (χ1n) is 6.55. The van der Waals surface area contributed by atoms with E-state index in [9.17, 15) is 14.7 Å². The van der Waals surface area contributed by atoms with Crippen LogP contribution in [-0.2, 0) is 4.79 Å². The minimum Gasteiger partial charge on any atom is -0.480 e. The molecule has 1 amide bonds. The number of amides is 1. The average Bonchev–Trinajstić information content (AvgIpc) is 2.41. The Hall–Kier alpha value is -1.56. The van der Waals surface area contributed by atoms with Crippen molar-refractivity contribution in [2.24, 2.45) is 5.73 Å². The number of anilines is 1. The summed E-state index contributed by atoms with van der Waals surface area (Å²) in [6, 6.07) is 4.88. The number of carbonyl (C=O) groups is 2. The van der Waals surface area contributed by atoms with Crippen molar-refractivity contribution in [1.29, 1.82) is 0 Å². The summed E-state index contributed by atoms with van der Waals surface area (Å²) in [5, 5.41) is 12.7. The van der Waals surface area contributed by atoms with Crippen LogP contribution in [0, 0.1) is 0 Å². The Morgan fingerprint density at radius 2 is 1.90 bits per heavy atom. The summed E-state index contributed by atoms with van der Waals surface area (Å²) in [5.41, 5.74) is 5.35. The third-order valence-corrected chi connectivity index (χ3v) is 4.40. The van der Waals surface area contributed by atoms with Crippen LogP contribution >= 0.6 is 15.9 Å². The van der Waals surface area contributed by atoms with Gasteiger partial charge < -0.3 is 16.2 Å². The van der Waals surface area contributed by atoms with Crippen molar-refractivity contribution < 1.29 is 14.7 Å². The Morgan fingerprint density at radius 1 is 1.25 bits per heavy atom. The molecule has 6 heteroatoms. The number of rotatable bonds is 4. The quantitative estimate of drug-likeness (QED) is 0.785. The van der Waals surface area contributed by atoms with Gasteiger partial charge in [0, 0.05) is 15.7 Å². The molecule has 5 nitrogen and oxygen atoms in total. The second kappa shape index (κ2) is 5.83. The second-order valence-electron chi connectivity index (χ2n) is 5.13. The number of aliphatic carboxylic acids is 1. The number of nitrogens with one attached hydrogen (secondary N) is 1. The van der Waals surface area contributed by atoms with Gasteiger partial charge in [-0.25, -0.2) is 4.79 Å². The van der Waals surface area contributed by atoms with Gasteiger partial charge in [-0.15, -0.1) is 0 Å². The first-order chi connectivity index (χ1) is 9.44. The number of hydrogen-bond donors (Lipinski definition) is 3. The molecule has 4 N–H and O–H groups in total. The fourth-order valence-corrected chi connectivity index (χ4v) is 3.05. The number of carboxylic acid groups (broad SMARTS) is 1. The van der Waals surface area contributed by atoms with E-state index in [1.165, 1.54) is 0 Å². The summed E-state index contributed by atoms with van der Waals surface area (Å²) in [7, 11) is 0. The molecule has 0 aromatic heterocycles. The fraction of sp³-hybridized carbons (Fsp3) is 0.429. The van der Waals surface area contributed by atoms with E-state index in [0.717, 1.165) is 19.3 Å². The summed E-state index contributed by atoms with van der Waals surface area (Å²) in [4.78, 5) is 22.7. The molecule has 0 spiro atoms. The Balaban J connectivity index is 2.27. The number of primary amides is 1. The highest BCUT2D eigenvalue weighted by molar-refractivity contribution is 9.10. The monoisotopic (exact) mass is 340 g/mol. The van der Waals surface area contributed by atoms with Gasteiger partial charge in [0.1, 0.15) is 5.54 Å². The number of halogens is 1. The Kier molecular flexibility index (Phi) is 4.32. The van der Waals surface area contributed by atoms with Gasteiger partial charge in [-0.05, 0) is 47.0 Å². The van der Waals surface area contributed by atoms with Crippen LogP contribution in [0.4, 0.5) is 5.69 Å². The van der Waals surface area contributed by atoms with Gasteiger partial charge >= 0.3 is 5.97 Å². The molecule has 108 valence electrons. The topological polar surface area (TPSA) is 92.4 Å². The van der Waals surface area contributed by atoms with E-state index >= 15 is 0 Å². The highest BCUT2D eigenvalue weighted by Gasteiger charge is 2.39. The molecule has 1 aromatic rings. The Morgan fingerprint density at radius 3 is 2.40 bits per heavy atom. The molecule has 1 aliphatic rings. The maximum atomic E-state index is 11.6. The van der Waals surface area contributed by atoms with Crippen LogP contribution in [0.15, 0.2) is 22.7 Å². The lowest BCUT2D eigenvalue weighted by molar-refractivity contribution is -0.143. The molecule has 1 aliphatic carbocycles. The highest BCUT2D eigenvalue weighted by atomic mass is 79.9. The molecule has 2 rings (SSSR count). The van der Waals surface area contributed by atoms with Crippen molar-refractivity contribution in [3.05, 3.63) is 28.2 Å². The average molecular weight is 341 g/mol. The predicted molar refractivity (Wildman–Crippen MR) is 79.7 cm³/mol. The molecule has 0 bridgehead atoms. The minimum atomic E-state index is -0.922. The molecule has 1 fully saturated rings. The van der Waals surface area contributed by atoms with Crippen LogP contribution in [0.2, 0.25) is 0 Å². The van der Waals surface area contributed by atoms with E-state index in [0.29, 0.717) is 28.6 Å². The first kappa shape index (κ1) is 14.8. The van der Waals surface area contributed by atoms with Gasteiger partial charge in [0.2, 0.25) is 5.91 Å². The molecule has 1 aromatic carbocycles. The molecular weight excluding hydrogens is 324 g/mol. The lowest BCUT2D eigenvalue weighted by atomic mass is 9.81. The van der Waals surface area contributed by atoms with E-state index in [-0.39, 0.29) is 0 Å². The fourth-order valence-electron chi connectivity index (χ4n) is 2.58. The summed E-state index contributed by atoms with van der Waals surface area (Å²) in [5.74, 6) is -1.34. The van der Waals surface area contributed by atoms with Gasteiger partial charge in [-0.1, -0.05) is 19.3 Å². The molecule has 1 saturated carbocycles. The third kappa shape index (κ3) is 2.95. The number of carboxylic acids is 1. The second-order valence-corrected chi connectivity index (χ2v) is 5.99. The zero-order chi connectivity index (χ0) is 14.8. The van der Waals surface area contributed by atoms with Crippen LogP contribution in [-0.4, -0.2) is 22.5 Å². The van der Waals surface area contributed by atoms with E-state index in [4.69, 9.17) is 5.73 Å². The molecule has 0 unspecified atom stereocenters. The van der Waals surface area contributed by atoms with Gasteiger partial charge in [0.25, 0.3) is 0 Å². The molecule has 0 atom stereocenters. The Labute approximate surface area is 125 Å². The van der Waals surface area contributed by atoms with Crippen molar-refractivity contribution in [2.45, 2.75) is 37.6 Å². The summed E-state index contributed by atoms with van der Waals surface area (Å²) >= 11 is 3.35. The number of carbonyl (C=O) groups excluding carboxylic acids is 1. The maximum Gasteiger partial charge on any atom is 0.329 e. The number of benzene rings is 1. The van der Waals surface area contributed by atoms with Crippen molar-refractivity contribution >= 4 is 33.5 Å². The summed E-state index contributed by atoms with van der Waals surface area (Å²) in [6.07, 6.45) is 4.07. The Bertz CT molecular complexity index is 539. The van der Waals surface area contributed by atoms with Crippen LogP contribution in [0.3, 0.4) is 0 Å². The maximum absolute atomic E-state index is 11.6. The lowest BCUT2D eigenvalue weighted by Gasteiger charge is -2.35. The molecule has 0 aliphatic heterocycles. The summed E-state index contributed by atoms with van der Waals surface area (Å²) < 4.78 is 0.639. The van der Waals surface area contributed by atoms with Gasteiger partial charge in [-0.3, -0.25) is 4.79 Å². The van der Waals surface area contributed by atoms with E-state index in [1.807, 2.05) is 0 Å². The van der Waals surface area contributed by atoms with Gasteiger partial charge in [0.05, 0.1) is 0 Å². The highest BCUT2D eigenvalue weighted by Crippen LogP contribution is 2.34. The van der Waals surface area contributed by atoms with E-state index in [1.54, 1.807) is 18.2 Å². The normalized spacial score (nSPS) is 17.4. The van der Waals surface area contributed by atoms with Gasteiger partial charge in [0.15, 0.2) is 0 Å². The smallest absolute Gasteiger partial charge is 0.329 e. The van der Waals surface area contributed by atoms with Gasteiger partial charge in [-0.2, -0.15) is 0 Å². The van der Waals surface area contributed by atoms with Crippen molar-refractivity contribution in [1.82, 2.24) is 0 Å². The van der Waals surface area contributed by atoms with E-state index < -0.39 is 17.4 Å². The van der Waals surface area contributed by atoms with Crippen molar-refractivity contribution in [3.63, 3.8) is 0 Å². The third-order valence-electron chi connectivity index (χ3n) is 3.74. The van der Waals surface area contributed by atoms with Crippen molar-refractivity contribution in [3.8, 4) is 0 Å². The van der Waals surface area contributed by atoms with Crippen LogP contribution in [0.25, 0.3) is 0 Å². The zero-order valence-electron chi connectivity index (χ0n) is 11.0. The molecular formula is C14H17BrN2O3. The lowest BCUT2D eigenvalue weighted by Crippen LogP contribution is -2.48. The largest absolute Gasteiger partial charge is 0.480 e. The van der Waals surface area contributed by atoms with Crippen LogP contribution in [0.1, 0.15) is 42.5 Å². The van der Waals surface area contributed by atoms with Crippen LogP contribution < -0.4 is 11.1 Å². The molecule has 20 heavy (non-hydrogen) atoms. The molecule has 0 heterocycles. The van der Waals surface area contributed by atoms with E-state index in [2.05, 4.69) is 21.2 Å². The predicted octanol–water partition coefficient (Wildman–Crippen LogP) is 2.75. The number of hydrogen-bond acceptors (Lipinski definition) is 3. The number of nitrogens with two attached hydrogens (primary N) is 1. The first-order valence-corrected chi connectivity index (χ1v) is 7.35. The SMILES string of the molecule is NC(=O)c1ccc(NC2(C(=O)O)CCCCC2)c(Br)c1. The molecule has 0 radical (unpaired) electrons. The minimum absolute atomic E-state index is 0.385.